The Morgan fingerprint density at radius 1 is 1.11 bits per heavy atom. The first-order valence-corrected chi connectivity index (χ1v) is 11.8. The van der Waals surface area contributed by atoms with Gasteiger partial charge in [0.25, 0.3) is 5.91 Å². The highest BCUT2D eigenvalue weighted by Crippen LogP contribution is 2.36. The van der Waals surface area contributed by atoms with Crippen LogP contribution in [-0.2, 0) is 4.74 Å². The molecule has 11 heteroatoms. The Bertz CT molecular complexity index is 1400. The number of amides is 1. The molecule has 0 saturated carbocycles. The van der Waals surface area contributed by atoms with Gasteiger partial charge in [-0.25, -0.2) is 4.98 Å². The maximum absolute atomic E-state index is 13.0. The van der Waals surface area contributed by atoms with E-state index in [0.717, 1.165) is 11.8 Å². The van der Waals surface area contributed by atoms with Gasteiger partial charge in [0.1, 0.15) is 17.3 Å². The number of pyridine rings is 2. The van der Waals surface area contributed by atoms with Crippen molar-refractivity contribution >= 4 is 22.6 Å². The van der Waals surface area contributed by atoms with Crippen LogP contribution in [-0.4, -0.2) is 59.7 Å². The Hall–Kier alpha value is -4.38. The molecule has 1 aliphatic heterocycles. The van der Waals surface area contributed by atoms with Crippen molar-refractivity contribution in [2.24, 2.45) is 0 Å². The van der Waals surface area contributed by atoms with Crippen molar-refractivity contribution in [2.75, 3.05) is 39.4 Å². The lowest BCUT2D eigenvalue weighted by Crippen LogP contribution is -2.16. The largest absolute Gasteiger partial charge is 0.493 e. The summed E-state index contributed by atoms with van der Waals surface area (Å²) in [6.07, 6.45) is 5.76. The van der Waals surface area contributed by atoms with E-state index in [-0.39, 0.29) is 11.7 Å². The lowest BCUT2D eigenvalue weighted by molar-refractivity contribution is 0.101. The predicted octanol–water partition coefficient (Wildman–Crippen LogP) is 4.25. The summed E-state index contributed by atoms with van der Waals surface area (Å²) in [6.45, 7) is 3.51. The van der Waals surface area contributed by atoms with Gasteiger partial charge in [0.2, 0.25) is 0 Å². The average Bonchev–Trinajstić information content (AvgIpc) is 3.60. The molecule has 3 aromatic heterocycles. The zero-order chi connectivity index (χ0) is 25.8. The predicted molar refractivity (Wildman–Crippen MR) is 135 cm³/mol. The fourth-order valence-corrected chi connectivity index (χ4v) is 4.06. The Balaban J connectivity index is 1.32. The fourth-order valence-electron chi connectivity index (χ4n) is 4.06. The van der Waals surface area contributed by atoms with E-state index in [2.05, 4.69) is 20.4 Å². The van der Waals surface area contributed by atoms with E-state index in [0.29, 0.717) is 59.9 Å². The molecule has 4 heterocycles. The SMILES string of the molecule is CCOc1cn(C2CCOC2)nc1C(=O)Nc1ccc(Oc2ccnc3cc(OC)c(OC)cc23)cn1. The number of fused-ring (bicyclic) bond motifs is 1. The molecular formula is C26H27N5O6. The number of hydrogen-bond acceptors (Lipinski definition) is 9. The summed E-state index contributed by atoms with van der Waals surface area (Å²) in [5, 5.41) is 7.99. The summed E-state index contributed by atoms with van der Waals surface area (Å²) in [5.41, 5.74) is 0.893. The molecule has 11 nitrogen and oxygen atoms in total. The first-order chi connectivity index (χ1) is 18.1. The van der Waals surface area contributed by atoms with Crippen LogP contribution < -0.4 is 24.3 Å². The number of nitrogens with zero attached hydrogens (tertiary/aromatic N) is 4. The minimum Gasteiger partial charge on any atom is -0.493 e. The van der Waals surface area contributed by atoms with Crippen LogP contribution in [0.25, 0.3) is 10.9 Å². The Morgan fingerprint density at radius 2 is 1.95 bits per heavy atom. The molecule has 1 saturated heterocycles. The molecule has 0 aliphatic carbocycles. The molecule has 1 fully saturated rings. The molecule has 0 radical (unpaired) electrons. The van der Waals surface area contributed by atoms with E-state index >= 15 is 0 Å². The normalized spacial score (nSPS) is 14.9. The molecule has 1 aromatic carbocycles. The quantitative estimate of drug-likeness (QED) is 0.356. The number of nitrogens with one attached hydrogen (secondary N) is 1. The number of hydrogen-bond donors (Lipinski definition) is 1. The van der Waals surface area contributed by atoms with E-state index in [1.54, 1.807) is 55.6 Å². The second-order valence-electron chi connectivity index (χ2n) is 8.24. The standard InChI is InChI=1S/C26H27N5O6/c1-4-36-23-14-31(16-8-10-35-15-16)30-25(23)26(32)29-24-6-5-17(13-28-24)37-20-7-9-27-19-12-22(34-3)21(33-2)11-18(19)20/h5-7,9,11-14,16H,4,8,10,15H2,1-3H3,(H,28,29,32). The monoisotopic (exact) mass is 505 g/mol. The summed E-state index contributed by atoms with van der Waals surface area (Å²) in [4.78, 5) is 21.7. The molecule has 192 valence electrons. The van der Waals surface area contributed by atoms with Crippen LogP contribution in [0.3, 0.4) is 0 Å². The van der Waals surface area contributed by atoms with Crippen LogP contribution >= 0.6 is 0 Å². The maximum atomic E-state index is 13.0. The first kappa shape index (κ1) is 24.3. The molecule has 1 unspecified atom stereocenters. The van der Waals surface area contributed by atoms with Crippen LogP contribution in [0.15, 0.2) is 48.9 Å². The van der Waals surface area contributed by atoms with E-state index in [9.17, 15) is 4.79 Å². The lowest BCUT2D eigenvalue weighted by atomic mass is 10.2. The molecular weight excluding hydrogens is 478 g/mol. The van der Waals surface area contributed by atoms with Gasteiger partial charge in [-0.05, 0) is 37.6 Å². The van der Waals surface area contributed by atoms with Gasteiger partial charge < -0.3 is 29.0 Å². The number of benzene rings is 1. The summed E-state index contributed by atoms with van der Waals surface area (Å²) >= 11 is 0. The van der Waals surface area contributed by atoms with Gasteiger partial charge in [0, 0.05) is 24.3 Å². The second-order valence-corrected chi connectivity index (χ2v) is 8.24. The van der Waals surface area contributed by atoms with Crippen molar-refractivity contribution in [3.8, 4) is 28.7 Å². The number of carbonyl (C=O) groups excluding carboxylic acids is 1. The van der Waals surface area contributed by atoms with Gasteiger partial charge in [-0.3, -0.25) is 14.5 Å². The molecule has 37 heavy (non-hydrogen) atoms. The molecule has 5 rings (SSSR count). The maximum Gasteiger partial charge on any atom is 0.281 e. The number of aromatic nitrogens is 4. The van der Waals surface area contributed by atoms with Crippen LogP contribution in [0.2, 0.25) is 0 Å². The number of ether oxygens (including phenoxy) is 5. The number of anilines is 1. The Morgan fingerprint density at radius 3 is 2.65 bits per heavy atom. The highest BCUT2D eigenvalue weighted by molar-refractivity contribution is 6.04. The van der Waals surface area contributed by atoms with E-state index in [1.165, 1.54) is 6.20 Å². The van der Waals surface area contributed by atoms with Crippen molar-refractivity contribution in [3.63, 3.8) is 0 Å². The van der Waals surface area contributed by atoms with Gasteiger partial charge in [0.15, 0.2) is 22.9 Å². The van der Waals surface area contributed by atoms with Crippen LogP contribution in [0.1, 0.15) is 29.9 Å². The van der Waals surface area contributed by atoms with Gasteiger partial charge in [-0.15, -0.1) is 0 Å². The Kier molecular flexibility index (Phi) is 7.04. The smallest absolute Gasteiger partial charge is 0.281 e. The first-order valence-electron chi connectivity index (χ1n) is 11.8. The third-order valence-corrected chi connectivity index (χ3v) is 5.91. The zero-order valence-electron chi connectivity index (χ0n) is 20.8. The van der Waals surface area contributed by atoms with Crippen LogP contribution in [0.4, 0.5) is 5.82 Å². The minimum atomic E-state index is -0.413. The molecule has 1 amide bonds. The number of carbonyl (C=O) groups is 1. The fraction of sp³-hybridized carbons (Fsp3) is 0.308. The summed E-state index contributed by atoms with van der Waals surface area (Å²) in [7, 11) is 3.15. The van der Waals surface area contributed by atoms with Gasteiger partial charge in [-0.2, -0.15) is 5.10 Å². The third-order valence-electron chi connectivity index (χ3n) is 5.91. The molecule has 0 spiro atoms. The second kappa shape index (κ2) is 10.7. The number of methoxy groups -OCH3 is 2. The van der Waals surface area contributed by atoms with Crippen molar-refractivity contribution in [3.05, 3.63) is 54.6 Å². The summed E-state index contributed by atoms with van der Waals surface area (Å²) in [5.74, 6) is 2.57. The highest BCUT2D eigenvalue weighted by atomic mass is 16.5. The van der Waals surface area contributed by atoms with Crippen molar-refractivity contribution in [1.29, 1.82) is 0 Å². The number of rotatable bonds is 9. The van der Waals surface area contributed by atoms with Gasteiger partial charge >= 0.3 is 0 Å². The molecule has 0 bridgehead atoms. The van der Waals surface area contributed by atoms with Crippen molar-refractivity contribution in [2.45, 2.75) is 19.4 Å². The van der Waals surface area contributed by atoms with Crippen molar-refractivity contribution in [1.82, 2.24) is 19.7 Å². The van der Waals surface area contributed by atoms with E-state index < -0.39 is 5.91 Å². The van der Waals surface area contributed by atoms with Gasteiger partial charge in [-0.1, -0.05) is 0 Å². The molecule has 1 atom stereocenters. The van der Waals surface area contributed by atoms with Gasteiger partial charge in [0.05, 0.1) is 51.4 Å². The third kappa shape index (κ3) is 5.12. The molecule has 1 N–H and O–H groups in total. The molecule has 4 aromatic rings. The van der Waals surface area contributed by atoms with E-state index in [4.69, 9.17) is 23.7 Å². The van der Waals surface area contributed by atoms with Crippen molar-refractivity contribution < 1.29 is 28.5 Å². The summed E-state index contributed by atoms with van der Waals surface area (Å²) < 4.78 is 29.6. The van der Waals surface area contributed by atoms with Crippen LogP contribution in [0, 0.1) is 0 Å². The average molecular weight is 506 g/mol. The lowest BCUT2D eigenvalue weighted by Gasteiger charge is -2.12. The van der Waals surface area contributed by atoms with E-state index in [1.807, 2.05) is 13.0 Å². The van der Waals surface area contributed by atoms with Crippen LogP contribution in [0.5, 0.6) is 28.7 Å². The summed E-state index contributed by atoms with van der Waals surface area (Å²) in [6, 6.07) is 8.81. The topological polar surface area (TPSA) is 119 Å². The highest BCUT2D eigenvalue weighted by Gasteiger charge is 2.24. The zero-order valence-corrected chi connectivity index (χ0v) is 20.8. The molecule has 1 aliphatic rings. The Labute approximate surface area is 213 Å². The minimum absolute atomic E-state index is 0.0839.